The first-order valence-corrected chi connectivity index (χ1v) is 2.96. The Balaban J connectivity index is 0.000001000. The predicted molar refractivity (Wildman–Crippen MR) is 45.6 cm³/mol. The molecular formula is C8H9ClO2. The average Bonchev–Trinajstić information content (AvgIpc) is 2.05. The van der Waals surface area contributed by atoms with Crippen LogP contribution in [0.4, 0.5) is 0 Å². The molecule has 0 aromatic heterocycles. The summed E-state index contributed by atoms with van der Waals surface area (Å²) in [4.78, 5) is 10.2. The van der Waals surface area contributed by atoms with Gasteiger partial charge >= 0.3 is 0 Å². The standard InChI is InChI=1S/C8H8O2.ClH/c1-10-8-4-2-7(6-9)3-5-8;/h2-6H,1H3;1H. The van der Waals surface area contributed by atoms with Crippen LogP contribution in [-0.4, -0.2) is 13.4 Å². The molecule has 1 aromatic carbocycles. The van der Waals surface area contributed by atoms with E-state index in [1.807, 2.05) is 0 Å². The molecule has 0 heterocycles. The SMILES string of the molecule is COc1ccc(C=O)cc1.Cl. The highest BCUT2D eigenvalue weighted by atomic mass is 35.5. The number of methoxy groups -OCH3 is 1. The lowest BCUT2D eigenvalue weighted by atomic mass is 10.2. The fourth-order valence-corrected chi connectivity index (χ4v) is 0.682. The maximum absolute atomic E-state index is 10.2. The molecule has 0 N–H and O–H groups in total. The Morgan fingerprint density at radius 2 is 1.82 bits per heavy atom. The summed E-state index contributed by atoms with van der Waals surface area (Å²) in [6, 6.07) is 6.94. The lowest BCUT2D eigenvalue weighted by Crippen LogP contribution is -1.82. The maximum Gasteiger partial charge on any atom is 0.150 e. The van der Waals surface area contributed by atoms with Crippen LogP contribution in [0, 0.1) is 0 Å². The predicted octanol–water partition coefficient (Wildman–Crippen LogP) is 1.93. The first-order valence-electron chi connectivity index (χ1n) is 2.96. The molecule has 0 unspecified atom stereocenters. The van der Waals surface area contributed by atoms with Gasteiger partial charge in [0.1, 0.15) is 12.0 Å². The smallest absolute Gasteiger partial charge is 0.150 e. The minimum absolute atomic E-state index is 0. The number of aldehydes is 1. The molecule has 1 rings (SSSR count). The molecular weight excluding hydrogens is 164 g/mol. The van der Waals surface area contributed by atoms with Crippen molar-refractivity contribution in [2.45, 2.75) is 0 Å². The van der Waals surface area contributed by atoms with E-state index in [4.69, 9.17) is 4.74 Å². The Morgan fingerprint density at radius 3 is 2.18 bits per heavy atom. The Bertz CT molecular complexity index is 218. The molecule has 0 aliphatic carbocycles. The van der Waals surface area contributed by atoms with Crippen LogP contribution in [0.25, 0.3) is 0 Å². The molecule has 0 saturated carbocycles. The molecule has 11 heavy (non-hydrogen) atoms. The monoisotopic (exact) mass is 172 g/mol. The van der Waals surface area contributed by atoms with Gasteiger partial charge in [-0.2, -0.15) is 0 Å². The number of rotatable bonds is 2. The molecule has 0 spiro atoms. The van der Waals surface area contributed by atoms with Gasteiger partial charge in [-0.3, -0.25) is 4.79 Å². The fourth-order valence-electron chi connectivity index (χ4n) is 0.682. The van der Waals surface area contributed by atoms with E-state index < -0.39 is 0 Å². The Kier molecular flexibility index (Phi) is 4.30. The van der Waals surface area contributed by atoms with Gasteiger partial charge in [0, 0.05) is 5.56 Å². The Hall–Kier alpha value is -1.02. The quantitative estimate of drug-likeness (QED) is 0.638. The molecule has 0 atom stereocenters. The fraction of sp³-hybridized carbons (Fsp3) is 0.125. The number of halogens is 1. The van der Waals surface area contributed by atoms with Crippen LogP contribution in [0.1, 0.15) is 10.4 Å². The van der Waals surface area contributed by atoms with Crippen LogP contribution in [0.5, 0.6) is 5.75 Å². The van der Waals surface area contributed by atoms with Crippen molar-refractivity contribution < 1.29 is 9.53 Å². The molecule has 2 nitrogen and oxygen atoms in total. The lowest BCUT2D eigenvalue weighted by Gasteiger charge is -1.96. The minimum atomic E-state index is 0. The van der Waals surface area contributed by atoms with Crippen LogP contribution in [0.15, 0.2) is 24.3 Å². The topological polar surface area (TPSA) is 26.3 Å². The van der Waals surface area contributed by atoms with E-state index >= 15 is 0 Å². The van der Waals surface area contributed by atoms with Crippen molar-refractivity contribution in [2.24, 2.45) is 0 Å². The van der Waals surface area contributed by atoms with Gasteiger partial charge < -0.3 is 4.74 Å². The number of ether oxygens (including phenoxy) is 1. The number of carbonyl (C=O) groups is 1. The normalized spacial score (nSPS) is 8.09. The van der Waals surface area contributed by atoms with E-state index in [0.29, 0.717) is 5.56 Å². The van der Waals surface area contributed by atoms with Gasteiger partial charge in [0.15, 0.2) is 0 Å². The van der Waals surface area contributed by atoms with Crippen LogP contribution in [-0.2, 0) is 0 Å². The van der Waals surface area contributed by atoms with Gasteiger partial charge in [-0.1, -0.05) is 0 Å². The molecule has 3 heteroatoms. The summed E-state index contributed by atoms with van der Waals surface area (Å²) in [5.74, 6) is 0.769. The zero-order chi connectivity index (χ0) is 7.40. The van der Waals surface area contributed by atoms with E-state index in [-0.39, 0.29) is 12.4 Å². The molecule has 0 saturated heterocycles. The van der Waals surface area contributed by atoms with Crippen molar-refractivity contribution in [1.29, 1.82) is 0 Å². The highest BCUT2D eigenvalue weighted by molar-refractivity contribution is 5.85. The van der Waals surface area contributed by atoms with E-state index in [1.54, 1.807) is 31.4 Å². The highest BCUT2D eigenvalue weighted by Crippen LogP contribution is 2.09. The molecule has 0 aliphatic rings. The van der Waals surface area contributed by atoms with Gasteiger partial charge in [0.2, 0.25) is 0 Å². The summed E-state index contributed by atoms with van der Waals surface area (Å²) in [5, 5.41) is 0. The van der Waals surface area contributed by atoms with Crippen LogP contribution < -0.4 is 4.74 Å². The van der Waals surface area contributed by atoms with Gasteiger partial charge in [-0.25, -0.2) is 0 Å². The van der Waals surface area contributed by atoms with Crippen molar-refractivity contribution in [3.63, 3.8) is 0 Å². The van der Waals surface area contributed by atoms with Crippen molar-refractivity contribution in [3.8, 4) is 5.75 Å². The first kappa shape index (κ1) is 9.98. The summed E-state index contributed by atoms with van der Waals surface area (Å²) < 4.78 is 4.90. The maximum atomic E-state index is 10.2. The number of hydrogen-bond donors (Lipinski definition) is 0. The van der Waals surface area contributed by atoms with E-state index in [2.05, 4.69) is 0 Å². The third-order valence-electron chi connectivity index (χ3n) is 1.25. The summed E-state index contributed by atoms with van der Waals surface area (Å²) in [6.07, 6.45) is 0.805. The van der Waals surface area contributed by atoms with Gasteiger partial charge in [0.05, 0.1) is 7.11 Å². The molecule has 0 radical (unpaired) electrons. The zero-order valence-corrected chi connectivity index (χ0v) is 6.93. The molecule has 0 fully saturated rings. The van der Waals surface area contributed by atoms with Crippen molar-refractivity contribution in [2.75, 3.05) is 7.11 Å². The highest BCUT2D eigenvalue weighted by Gasteiger charge is 1.89. The molecule has 0 amide bonds. The average molecular weight is 173 g/mol. The third kappa shape index (κ3) is 2.60. The van der Waals surface area contributed by atoms with Crippen molar-refractivity contribution in [1.82, 2.24) is 0 Å². The second-order valence-corrected chi connectivity index (χ2v) is 1.89. The Labute approximate surface area is 71.6 Å². The number of hydrogen-bond acceptors (Lipinski definition) is 2. The van der Waals surface area contributed by atoms with Crippen LogP contribution in [0.3, 0.4) is 0 Å². The Morgan fingerprint density at radius 1 is 1.27 bits per heavy atom. The van der Waals surface area contributed by atoms with Crippen molar-refractivity contribution in [3.05, 3.63) is 29.8 Å². The summed E-state index contributed by atoms with van der Waals surface area (Å²) in [5.41, 5.74) is 0.667. The number of benzene rings is 1. The second-order valence-electron chi connectivity index (χ2n) is 1.89. The minimum Gasteiger partial charge on any atom is -0.497 e. The van der Waals surface area contributed by atoms with Gasteiger partial charge in [-0.15, -0.1) is 12.4 Å². The largest absolute Gasteiger partial charge is 0.497 e. The molecule has 60 valence electrons. The lowest BCUT2D eigenvalue weighted by molar-refractivity contribution is 0.112. The third-order valence-corrected chi connectivity index (χ3v) is 1.25. The molecule has 0 bridgehead atoms. The van der Waals surface area contributed by atoms with Gasteiger partial charge in [-0.05, 0) is 24.3 Å². The zero-order valence-electron chi connectivity index (χ0n) is 6.11. The van der Waals surface area contributed by atoms with Crippen molar-refractivity contribution >= 4 is 18.7 Å². The molecule has 0 aliphatic heterocycles. The van der Waals surface area contributed by atoms with E-state index in [0.717, 1.165) is 12.0 Å². The van der Waals surface area contributed by atoms with Gasteiger partial charge in [0.25, 0.3) is 0 Å². The molecule has 1 aromatic rings. The first-order chi connectivity index (χ1) is 4.86. The summed E-state index contributed by atoms with van der Waals surface area (Å²) in [7, 11) is 1.59. The van der Waals surface area contributed by atoms with E-state index in [9.17, 15) is 4.79 Å². The van der Waals surface area contributed by atoms with Crippen LogP contribution in [0.2, 0.25) is 0 Å². The van der Waals surface area contributed by atoms with E-state index in [1.165, 1.54) is 0 Å². The number of carbonyl (C=O) groups excluding carboxylic acids is 1. The summed E-state index contributed by atoms with van der Waals surface area (Å²) in [6.45, 7) is 0. The second kappa shape index (κ2) is 4.74. The van der Waals surface area contributed by atoms with Crippen LogP contribution >= 0.6 is 12.4 Å². The summed E-state index contributed by atoms with van der Waals surface area (Å²) >= 11 is 0.